The molecule has 6 nitrogen and oxygen atoms in total. The van der Waals surface area contributed by atoms with Crippen LogP contribution in [-0.2, 0) is 19.6 Å². The van der Waals surface area contributed by atoms with Crippen LogP contribution in [0.4, 0.5) is 14.5 Å². The lowest BCUT2D eigenvalue weighted by Gasteiger charge is -2.27. The molecule has 1 heterocycles. The van der Waals surface area contributed by atoms with Crippen LogP contribution < -0.4 is 5.32 Å². The second-order valence-electron chi connectivity index (χ2n) is 6.82. The molecule has 0 radical (unpaired) electrons. The summed E-state index contributed by atoms with van der Waals surface area (Å²) in [6, 6.07) is 8.13. The fourth-order valence-electron chi connectivity index (χ4n) is 2.93. The molecule has 0 aliphatic carbocycles. The van der Waals surface area contributed by atoms with Gasteiger partial charge in [0.1, 0.15) is 0 Å². The van der Waals surface area contributed by atoms with Gasteiger partial charge < -0.3 is 10.1 Å². The number of carbonyl (C=O) groups is 1. The summed E-state index contributed by atoms with van der Waals surface area (Å²) in [5.74, 6) is -2.32. The molecule has 1 fully saturated rings. The lowest BCUT2D eigenvalue weighted by molar-refractivity contribution is -0.115. The van der Waals surface area contributed by atoms with Gasteiger partial charge in [0.05, 0.1) is 23.4 Å². The summed E-state index contributed by atoms with van der Waals surface area (Å²) in [6.45, 7) is 4.56. The van der Waals surface area contributed by atoms with Crippen LogP contribution in [0.3, 0.4) is 0 Å². The number of hydrogen-bond acceptors (Lipinski definition) is 5. The summed E-state index contributed by atoms with van der Waals surface area (Å²) in [6.07, 6.45) is 0. The monoisotopic (exact) mass is 456 g/mol. The predicted molar refractivity (Wildman–Crippen MR) is 111 cm³/mol. The molecule has 3 rings (SSSR count). The van der Waals surface area contributed by atoms with Crippen molar-refractivity contribution in [2.45, 2.75) is 28.9 Å². The van der Waals surface area contributed by atoms with Crippen LogP contribution in [0.25, 0.3) is 0 Å². The van der Waals surface area contributed by atoms with Crippen molar-refractivity contribution < 1.29 is 26.7 Å². The van der Waals surface area contributed by atoms with Crippen molar-refractivity contribution in [3.63, 3.8) is 0 Å². The Kier molecular flexibility index (Phi) is 7.12. The van der Waals surface area contributed by atoms with E-state index in [1.165, 1.54) is 16.4 Å². The lowest BCUT2D eigenvalue weighted by atomic mass is 10.2. The van der Waals surface area contributed by atoms with Crippen LogP contribution in [0.1, 0.15) is 12.5 Å². The standard InChI is InChI=1S/C20H22F2N2O4S2/c1-13-3-4-15(11-19(13)30(26,27)24-7-9-28-10-8-24)23-20(25)14(2)29-16-5-6-17(21)18(22)12-16/h3-6,11-12,14H,7-10H2,1-2H3,(H,23,25). The number of nitrogens with one attached hydrogen (secondary N) is 1. The molecule has 10 heteroatoms. The van der Waals surface area contributed by atoms with Gasteiger partial charge in [0, 0.05) is 23.7 Å². The smallest absolute Gasteiger partial charge is 0.243 e. The molecule has 0 aromatic heterocycles. The zero-order valence-electron chi connectivity index (χ0n) is 16.5. The van der Waals surface area contributed by atoms with Gasteiger partial charge in [0.2, 0.25) is 15.9 Å². The Hall–Kier alpha value is -2.01. The number of carbonyl (C=O) groups excluding carboxylic acids is 1. The van der Waals surface area contributed by atoms with Crippen LogP contribution >= 0.6 is 11.8 Å². The second-order valence-corrected chi connectivity index (χ2v) is 10.1. The summed E-state index contributed by atoms with van der Waals surface area (Å²) in [5, 5.41) is 2.08. The first-order valence-corrected chi connectivity index (χ1v) is 11.6. The summed E-state index contributed by atoms with van der Waals surface area (Å²) in [5.41, 5.74) is 0.916. The number of sulfonamides is 1. The first-order chi connectivity index (χ1) is 14.2. The lowest BCUT2D eigenvalue weighted by Crippen LogP contribution is -2.40. The van der Waals surface area contributed by atoms with E-state index in [2.05, 4.69) is 5.32 Å². The number of ether oxygens (including phenoxy) is 1. The van der Waals surface area contributed by atoms with Gasteiger partial charge in [-0.3, -0.25) is 4.79 Å². The first-order valence-electron chi connectivity index (χ1n) is 9.29. The van der Waals surface area contributed by atoms with Gasteiger partial charge in [-0.15, -0.1) is 11.8 Å². The third-order valence-electron chi connectivity index (χ3n) is 4.62. The third-order valence-corrected chi connectivity index (χ3v) is 7.75. The van der Waals surface area contributed by atoms with Crippen molar-refractivity contribution in [3.8, 4) is 0 Å². The van der Waals surface area contributed by atoms with Crippen molar-refractivity contribution in [3.05, 3.63) is 53.6 Å². The topological polar surface area (TPSA) is 75.7 Å². The van der Waals surface area contributed by atoms with Crippen molar-refractivity contribution in [1.82, 2.24) is 4.31 Å². The number of amides is 1. The van der Waals surface area contributed by atoms with E-state index < -0.39 is 26.9 Å². The van der Waals surface area contributed by atoms with Crippen molar-refractivity contribution in [2.24, 2.45) is 0 Å². The van der Waals surface area contributed by atoms with E-state index in [1.807, 2.05) is 0 Å². The summed E-state index contributed by atoms with van der Waals surface area (Å²) < 4.78 is 58.9. The van der Waals surface area contributed by atoms with E-state index in [1.54, 1.807) is 26.0 Å². The van der Waals surface area contributed by atoms with Crippen molar-refractivity contribution in [1.29, 1.82) is 0 Å². The average Bonchev–Trinajstić information content (AvgIpc) is 2.72. The third kappa shape index (κ3) is 5.18. The van der Waals surface area contributed by atoms with Gasteiger partial charge in [-0.2, -0.15) is 4.31 Å². The molecular weight excluding hydrogens is 434 g/mol. The number of thioether (sulfide) groups is 1. The molecule has 2 aromatic rings. The van der Waals surface area contributed by atoms with Gasteiger partial charge in [0.25, 0.3) is 0 Å². The maximum Gasteiger partial charge on any atom is 0.243 e. The molecule has 2 aromatic carbocycles. The fourth-order valence-corrected chi connectivity index (χ4v) is 5.48. The van der Waals surface area contributed by atoms with E-state index in [-0.39, 0.29) is 23.9 Å². The molecular formula is C20H22F2N2O4S2. The Morgan fingerprint density at radius 2 is 1.83 bits per heavy atom. The van der Waals surface area contributed by atoms with Crippen LogP contribution in [0.2, 0.25) is 0 Å². The van der Waals surface area contributed by atoms with Gasteiger partial charge in [-0.1, -0.05) is 6.07 Å². The molecule has 1 unspecified atom stereocenters. The molecule has 1 atom stereocenters. The number of halogens is 2. The van der Waals surface area contributed by atoms with Crippen molar-refractivity contribution in [2.75, 3.05) is 31.6 Å². The quantitative estimate of drug-likeness (QED) is 0.675. The predicted octanol–water partition coefficient (Wildman–Crippen LogP) is 3.41. The minimum absolute atomic E-state index is 0.128. The molecule has 1 amide bonds. The van der Waals surface area contributed by atoms with Gasteiger partial charge in [0.15, 0.2) is 11.6 Å². The number of nitrogens with zero attached hydrogens (tertiary/aromatic N) is 1. The highest BCUT2D eigenvalue weighted by Crippen LogP contribution is 2.27. The second kappa shape index (κ2) is 9.42. The molecule has 0 saturated carbocycles. The van der Waals surface area contributed by atoms with E-state index in [0.717, 1.165) is 23.9 Å². The Morgan fingerprint density at radius 1 is 1.13 bits per heavy atom. The minimum Gasteiger partial charge on any atom is -0.379 e. The van der Waals surface area contributed by atoms with Gasteiger partial charge in [-0.05, 0) is 49.7 Å². The minimum atomic E-state index is -3.71. The molecule has 0 spiro atoms. The van der Waals surface area contributed by atoms with Crippen LogP contribution in [-0.4, -0.2) is 50.2 Å². The van der Waals surface area contributed by atoms with Gasteiger partial charge >= 0.3 is 0 Å². The number of morpholine rings is 1. The Labute approximate surface area is 178 Å². The van der Waals surface area contributed by atoms with E-state index in [9.17, 15) is 22.0 Å². The Morgan fingerprint density at radius 3 is 2.50 bits per heavy atom. The maximum absolute atomic E-state index is 13.4. The average molecular weight is 457 g/mol. The highest BCUT2D eigenvalue weighted by Gasteiger charge is 2.28. The molecule has 1 aliphatic heterocycles. The number of anilines is 1. The molecule has 1 aliphatic rings. The molecule has 1 N–H and O–H groups in total. The highest BCUT2D eigenvalue weighted by atomic mass is 32.2. The molecule has 1 saturated heterocycles. The molecule has 0 bridgehead atoms. The van der Waals surface area contributed by atoms with Crippen molar-refractivity contribution >= 4 is 33.4 Å². The fraction of sp³-hybridized carbons (Fsp3) is 0.350. The van der Waals surface area contributed by atoms with Crippen LogP contribution in [0.15, 0.2) is 46.2 Å². The number of rotatable bonds is 6. The first kappa shape index (κ1) is 22.7. The Bertz CT molecular complexity index is 1040. The van der Waals surface area contributed by atoms with Gasteiger partial charge in [-0.25, -0.2) is 17.2 Å². The Balaban J connectivity index is 1.74. The largest absolute Gasteiger partial charge is 0.379 e. The van der Waals surface area contributed by atoms with E-state index >= 15 is 0 Å². The number of hydrogen-bond donors (Lipinski definition) is 1. The highest BCUT2D eigenvalue weighted by molar-refractivity contribution is 8.00. The summed E-state index contributed by atoms with van der Waals surface area (Å²) in [7, 11) is -3.71. The molecule has 30 heavy (non-hydrogen) atoms. The van der Waals surface area contributed by atoms with E-state index in [4.69, 9.17) is 4.74 Å². The van der Waals surface area contributed by atoms with Crippen LogP contribution in [0.5, 0.6) is 0 Å². The maximum atomic E-state index is 13.4. The normalized spacial score (nSPS) is 16.3. The number of benzene rings is 2. The van der Waals surface area contributed by atoms with E-state index in [0.29, 0.717) is 29.4 Å². The zero-order valence-corrected chi connectivity index (χ0v) is 18.2. The summed E-state index contributed by atoms with van der Waals surface area (Å²) >= 11 is 1.07. The van der Waals surface area contributed by atoms with Crippen LogP contribution in [0, 0.1) is 18.6 Å². The SMILES string of the molecule is Cc1ccc(NC(=O)C(C)Sc2ccc(F)c(F)c2)cc1S(=O)(=O)N1CCOCC1. The molecule has 162 valence electrons. The zero-order chi connectivity index (χ0) is 21.9. The summed E-state index contributed by atoms with van der Waals surface area (Å²) in [4.78, 5) is 13.1. The number of aryl methyl sites for hydroxylation is 1.